The third kappa shape index (κ3) is 5.75. The summed E-state index contributed by atoms with van der Waals surface area (Å²) in [5.41, 5.74) is 2.97. The summed E-state index contributed by atoms with van der Waals surface area (Å²) in [5.74, 6) is 0.392. The highest BCUT2D eigenvalue weighted by Gasteiger charge is 2.33. The third-order valence-corrected chi connectivity index (χ3v) is 6.75. The number of anilines is 1. The molecule has 3 aromatic carbocycles. The first-order valence-corrected chi connectivity index (χ1v) is 12.2. The fourth-order valence-electron chi connectivity index (χ4n) is 3.58. The number of rotatable bonds is 8. The van der Waals surface area contributed by atoms with Crippen molar-refractivity contribution in [3.63, 3.8) is 0 Å². The van der Waals surface area contributed by atoms with Crippen LogP contribution in [0, 0.1) is 5.82 Å². The number of thiocarbonyl (C=S) groups is 1. The van der Waals surface area contributed by atoms with Crippen molar-refractivity contribution in [2.45, 2.75) is 13.0 Å². The molecule has 1 saturated heterocycles. The summed E-state index contributed by atoms with van der Waals surface area (Å²) < 4.78 is 25.8. The second-order valence-electron chi connectivity index (χ2n) is 7.62. The van der Waals surface area contributed by atoms with Gasteiger partial charge >= 0.3 is 0 Å². The van der Waals surface area contributed by atoms with E-state index in [1.54, 1.807) is 37.5 Å². The van der Waals surface area contributed by atoms with E-state index in [0.29, 0.717) is 44.5 Å². The van der Waals surface area contributed by atoms with Crippen LogP contribution in [0.4, 0.5) is 10.1 Å². The van der Waals surface area contributed by atoms with Gasteiger partial charge in [-0.25, -0.2) is 4.39 Å². The van der Waals surface area contributed by atoms with E-state index in [1.165, 1.54) is 28.8 Å². The van der Waals surface area contributed by atoms with Crippen LogP contribution in [0.1, 0.15) is 16.7 Å². The molecule has 0 saturated carbocycles. The van der Waals surface area contributed by atoms with Gasteiger partial charge in [0.05, 0.1) is 17.7 Å². The maximum absolute atomic E-state index is 13.7. The number of hydrogen-bond donors (Lipinski definition) is 0. The van der Waals surface area contributed by atoms with Crippen LogP contribution in [0.2, 0.25) is 5.02 Å². The van der Waals surface area contributed by atoms with Crippen molar-refractivity contribution in [1.82, 2.24) is 0 Å². The molecule has 0 N–H and O–H groups in total. The highest BCUT2D eigenvalue weighted by Crippen LogP contribution is 2.39. The van der Waals surface area contributed by atoms with E-state index in [9.17, 15) is 9.18 Å². The Kier molecular flexibility index (Phi) is 7.90. The Hall–Kier alpha value is -3.13. The SMILES string of the molecule is C=CCc1cc(/C=C2/SC(=S)N(c3cccc(F)c3)C2=O)cc(OC)c1OCc1ccc(Cl)cc1. The van der Waals surface area contributed by atoms with E-state index < -0.39 is 5.82 Å². The molecule has 35 heavy (non-hydrogen) atoms. The van der Waals surface area contributed by atoms with Gasteiger partial charge < -0.3 is 9.47 Å². The molecule has 8 heteroatoms. The van der Waals surface area contributed by atoms with Gasteiger partial charge in [-0.05, 0) is 66.1 Å². The molecule has 0 aromatic heterocycles. The van der Waals surface area contributed by atoms with Gasteiger partial charge in [0.1, 0.15) is 12.4 Å². The van der Waals surface area contributed by atoms with Gasteiger partial charge in [0.2, 0.25) is 0 Å². The number of methoxy groups -OCH3 is 1. The van der Waals surface area contributed by atoms with Crippen molar-refractivity contribution in [2.75, 3.05) is 12.0 Å². The predicted octanol–water partition coefficient (Wildman–Crippen LogP) is 7.20. The van der Waals surface area contributed by atoms with Crippen LogP contribution >= 0.6 is 35.6 Å². The Morgan fingerprint density at radius 1 is 1.17 bits per heavy atom. The zero-order valence-electron chi connectivity index (χ0n) is 18.8. The van der Waals surface area contributed by atoms with Crippen molar-refractivity contribution in [2.24, 2.45) is 0 Å². The lowest BCUT2D eigenvalue weighted by Gasteiger charge is -2.16. The highest BCUT2D eigenvalue weighted by molar-refractivity contribution is 8.27. The molecule has 1 amide bonds. The van der Waals surface area contributed by atoms with Crippen molar-refractivity contribution in [3.05, 3.63) is 106 Å². The van der Waals surface area contributed by atoms with E-state index in [-0.39, 0.29) is 5.91 Å². The summed E-state index contributed by atoms with van der Waals surface area (Å²) in [5, 5.41) is 0.658. The molecule has 1 aliphatic rings. The van der Waals surface area contributed by atoms with Crippen LogP contribution in [0.15, 0.2) is 78.2 Å². The van der Waals surface area contributed by atoms with Crippen LogP contribution in [0.3, 0.4) is 0 Å². The standard InChI is InChI=1S/C27H21ClFNO3S2/c1-3-5-19-12-18(13-23(32-2)25(19)33-16-17-8-10-20(28)11-9-17)14-24-26(31)30(27(34)35-24)22-7-4-6-21(29)15-22/h3-4,6-15H,1,5,16H2,2H3/b24-14+. The van der Waals surface area contributed by atoms with Gasteiger partial charge in [0.25, 0.3) is 5.91 Å². The van der Waals surface area contributed by atoms with E-state index in [4.69, 9.17) is 33.3 Å². The van der Waals surface area contributed by atoms with Crippen LogP contribution in [0.5, 0.6) is 11.5 Å². The largest absolute Gasteiger partial charge is 0.493 e. The zero-order chi connectivity index (χ0) is 24.9. The Balaban J connectivity index is 1.64. The molecule has 0 spiro atoms. The van der Waals surface area contributed by atoms with E-state index in [2.05, 4.69) is 6.58 Å². The fraction of sp³-hybridized carbons (Fsp3) is 0.111. The molecule has 1 heterocycles. The number of thioether (sulfide) groups is 1. The number of ether oxygens (including phenoxy) is 2. The number of carbonyl (C=O) groups is 1. The molecular weight excluding hydrogens is 505 g/mol. The molecule has 0 atom stereocenters. The van der Waals surface area contributed by atoms with Crippen molar-refractivity contribution >= 4 is 57.6 Å². The van der Waals surface area contributed by atoms with Crippen molar-refractivity contribution < 1.29 is 18.7 Å². The lowest BCUT2D eigenvalue weighted by molar-refractivity contribution is -0.113. The zero-order valence-corrected chi connectivity index (χ0v) is 21.2. The summed E-state index contributed by atoms with van der Waals surface area (Å²) in [7, 11) is 1.56. The Morgan fingerprint density at radius 3 is 2.63 bits per heavy atom. The molecule has 1 fully saturated rings. The van der Waals surface area contributed by atoms with Gasteiger partial charge in [-0.2, -0.15) is 0 Å². The molecule has 0 bridgehead atoms. The van der Waals surface area contributed by atoms with Crippen LogP contribution in [-0.2, 0) is 17.8 Å². The first kappa shape index (κ1) is 25.0. The molecule has 0 unspecified atom stereocenters. The normalized spacial score (nSPS) is 14.5. The maximum Gasteiger partial charge on any atom is 0.270 e. The Labute approximate surface area is 218 Å². The number of carbonyl (C=O) groups excluding carboxylic acids is 1. The smallest absolute Gasteiger partial charge is 0.270 e. The first-order chi connectivity index (χ1) is 16.9. The molecule has 1 aliphatic heterocycles. The monoisotopic (exact) mass is 525 g/mol. The van der Waals surface area contributed by atoms with Crippen LogP contribution in [0.25, 0.3) is 6.08 Å². The summed E-state index contributed by atoms with van der Waals surface area (Å²) in [4.78, 5) is 14.9. The lowest BCUT2D eigenvalue weighted by Crippen LogP contribution is -2.27. The van der Waals surface area contributed by atoms with Crippen molar-refractivity contribution in [3.8, 4) is 11.5 Å². The summed E-state index contributed by atoms with van der Waals surface area (Å²) in [6.07, 6.45) is 4.06. The molecular formula is C27H21ClFNO3S2. The van der Waals surface area contributed by atoms with E-state index in [1.807, 2.05) is 30.3 Å². The minimum Gasteiger partial charge on any atom is -0.493 e. The van der Waals surface area contributed by atoms with Gasteiger partial charge in [-0.15, -0.1) is 6.58 Å². The average molecular weight is 526 g/mol. The van der Waals surface area contributed by atoms with Gasteiger partial charge in [-0.3, -0.25) is 9.69 Å². The molecule has 0 radical (unpaired) electrons. The maximum atomic E-state index is 13.7. The minimum absolute atomic E-state index is 0.307. The quantitative estimate of drug-likeness (QED) is 0.177. The van der Waals surface area contributed by atoms with Gasteiger partial charge in [-0.1, -0.05) is 59.9 Å². The Bertz CT molecular complexity index is 1320. The minimum atomic E-state index is -0.437. The summed E-state index contributed by atoms with van der Waals surface area (Å²) >= 11 is 12.5. The van der Waals surface area contributed by atoms with E-state index >= 15 is 0 Å². The molecule has 178 valence electrons. The summed E-state index contributed by atoms with van der Waals surface area (Å²) in [6, 6.07) is 16.9. The first-order valence-electron chi connectivity index (χ1n) is 10.6. The second kappa shape index (κ2) is 11.1. The molecule has 4 nitrogen and oxygen atoms in total. The number of benzene rings is 3. The lowest BCUT2D eigenvalue weighted by atomic mass is 10.0. The fourth-order valence-corrected chi connectivity index (χ4v) is 5.01. The number of nitrogens with zero attached hydrogens (tertiary/aromatic N) is 1. The van der Waals surface area contributed by atoms with Crippen molar-refractivity contribution in [1.29, 1.82) is 0 Å². The Morgan fingerprint density at radius 2 is 1.94 bits per heavy atom. The van der Waals surface area contributed by atoms with Crippen LogP contribution < -0.4 is 14.4 Å². The molecule has 3 aromatic rings. The van der Waals surface area contributed by atoms with Gasteiger partial charge in [0.15, 0.2) is 15.8 Å². The molecule has 0 aliphatic carbocycles. The predicted molar refractivity (Wildman–Crippen MR) is 145 cm³/mol. The second-order valence-corrected chi connectivity index (χ2v) is 9.73. The number of halogens is 2. The average Bonchev–Trinajstić information content (AvgIpc) is 3.11. The summed E-state index contributed by atoms with van der Waals surface area (Å²) in [6.45, 7) is 4.18. The number of allylic oxidation sites excluding steroid dienone is 1. The van der Waals surface area contributed by atoms with E-state index in [0.717, 1.165) is 16.7 Å². The highest BCUT2D eigenvalue weighted by atomic mass is 35.5. The van der Waals surface area contributed by atoms with Gasteiger partial charge in [0, 0.05) is 10.6 Å². The number of amides is 1. The van der Waals surface area contributed by atoms with Crippen LogP contribution in [-0.4, -0.2) is 17.3 Å². The molecule has 4 rings (SSSR count). The topological polar surface area (TPSA) is 38.8 Å². The number of hydrogen-bond acceptors (Lipinski definition) is 5. The third-order valence-electron chi connectivity index (χ3n) is 5.19.